The largest absolute Gasteiger partial charge is 0.391 e. The van der Waals surface area contributed by atoms with E-state index in [-0.39, 0.29) is 25.0 Å². The predicted octanol–water partition coefficient (Wildman–Crippen LogP) is 1.63. The van der Waals surface area contributed by atoms with Crippen molar-refractivity contribution in [3.05, 3.63) is 33.3 Å². The number of halogens is 2. The van der Waals surface area contributed by atoms with Gasteiger partial charge in [0.15, 0.2) is 0 Å². The Hall–Kier alpha value is -1.25. The number of aliphatic hydroxyl groups excluding tert-OH is 1. The summed E-state index contributed by atoms with van der Waals surface area (Å²) in [5.74, 6) is 2.16. The van der Waals surface area contributed by atoms with Gasteiger partial charge in [-0.05, 0) is 30.3 Å². The first-order valence-electron chi connectivity index (χ1n) is 6.50. The zero-order chi connectivity index (χ0) is 15.6. The van der Waals surface area contributed by atoms with E-state index in [0.29, 0.717) is 16.5 Å². The molecule has 0 radical (unpaired) electrons. The molecule has 112 valence electrons. The Kier molecular flexibility index (Phi) is 5.13. The third-order valence-corrected chi connectivity index (χ3v) is 4.10. The van der Waals surface area contributed by atoms with Gasteiger partial charge in [0.25, 0.3) is 0 Å². The highest BCUT2D eigenvalue weighted by Crippen LogP contribution is 2.40. The molecule has 1 aliphatic rings. The number of rotatable bonds is 4. The van der Waals surface area contributed by atoms with Crippen molar-refractivity contribution >= 4 is 29.1 Å². The standard InChI is InChI=1S/C15H16Cl2N2O2/c1-3-4-18-14(21)8-19(2)15-11-5-9(16)6-12(17)10(11)7-13(15)20/h1,5-6,13,15,20H,4,7-8H2,2H3,(H,18,21)/t13-,15+/m1/s1. The molecule has 0 saturated heterocycles. The highest BCUT2D eigenvalue weighted by molar-refractivity contribution is 6.35. The van der Waals surface area contributed by atoms with Crippen LogP contribution in [0.1, 0.15) is 17.2 Å². The molecule has 0 bridgehead atoms. The van der Waals surface area contributed by atoms with Gasteiger partial charge in [-0.15, -0.1) is 6.42 Å². The van der Waals surface area contributed by atoms with Crippen LogP contribution >= 0.6 is 23.2 Å². The zero-order valence-corrected chi connectivity index (χ0v) is 13.1. The van der Waals surface area contributed by atoms with Crippen LogP contribution in [-0.4, -0.2) is 42.2 Å². The lowest BCUT2D eigenvalue weighted by Gasteiger charge is -2.27. The van der Waals surface area contributed by atoms with Crippen molar-refractivity contribution in [2.75, 3.05) is 20.1 Å². The van der Waals surface area contributed by atoms with Crippen LogP contribution in [0.4, 0.5) is 0 Å². The minimum Gasteiger partial charge on any atom is -0.391 e. The number of hydrogen-bond acceptors (Lipinski definition) is 3. The SMILES string of the molecule is C#CCNC(=O)CN(C)[C@H]1c2cc(Cl)cc(Cl)c2C[C@H]1O. The molecule has 0 unspecified atom stereocenters. The smallest absolute Gasteiger partial charge is 0.234 e. The normalized spacial score (nSPS) is 20.2. The molecular formula is C15H16Cl2N2O2. The first kappa shape index (κ1) is 16.1. The lowest BCUT2D eigenvalue weighted by atomic mass is 10.1. The fourth-order valence-electron chi connectivity index (χ4n) is 2.69. The van der Waals surface area contributed by atoms with Gasteiger partial charge in [-0.2, -0.15) is 0 Å². The number of fused-ring (bicyclic) bond motifs is 1. The average molecular weight is 327 g/mol. The van der Waals surface area contributed by atoms with Crippen LogP contribution in [0.2, 0.25) is 10.0 Å². The molecule has 1 aliphatic carbocycles. The first-order valence-corrected chi connectivity index (χ1v) is 7.26. The second-order valence-electron chi connectivity index (χ2n) is 5.07. The molecule has 1 amide bonds. The van der Waals surface area contributed by atoms with Gasteiger partial charge in [0.05, 0.1) is 25.2 Å². The summed E-state index contributed by atoms with van der Waals surface area (Å²) in [5, 5.41) is 13.9. The molecule has 0 aliphatic heterocycles. The van der Waals surface area contributed by atoms with Crippen molar-refractivity contribution in [1.82, 2.24) is 10.2 Å². The Morgan fingerprint density at radius 2 is 2.29 bits per heavy atom. The summed E-state index contributed by atoms with van der Waals surface area (Å²) in [4.78, 5) is 13.5. The Labute approximate surface area is 134 Å². The summed E-state index contributed by atoms with van der Waals surface area (Å²) in [5.41, 5.74) is 1.75. The number of likely N-dealkylation sites (N-methyl/N-ethyl adjacent to an activating group) is 1. The molecule has 2 rings (SSSR count). The fourth-order valence-corrected chi connectivity index (χ4v) is 3.28. The van der Waals surface area contributed by atoms with Crippen molar-refractivity contribution in [3.8, 4) is 12.3 Å². The maximum Gasteiger partial charge on any atom is 0.234 e. The van der Waals surface area contributed by atoms with Gasteiger partial charge in [0.2, 0.25) is 5.91 Å². The molecule has 6 heteroatoms. The lowest BCUT2D eigenvalue weighted by molar-refractivity contribution is -0.122. The molecule has 0 spiro atoms. The van der Waals surface area contributed by atoms with Crippen molar-refractivity contribution < 1.29 is 9.90 Å². The number of aliphatic hydroxyl groups is 1. The predicted molar refractivity (Wildman–Crippen MR) is 83.4 cm³/mol. The second kappa shape index (κ2) is 6.67. The quantitative estimate of drug-likeness (QED) is 0.827. The van der Waals surface area contributed by atoms with Crippen LogP contribution < -0.4 is 5.32 Å². The Morgan fingerprint density at radius 1 is 1.57 bits per heavy atom. The number of hydrogen-bond donors (Lipinski definition) is 2. The molecule has 2 N–H and O–H groups in total. The molecule has 4 nitrogen and oxygen atoms in total. The summed E-state index contributed by atoms with van der Waals surface area (Å²) in [6.07, 6.45) is 4.93. The van der Waals surface area contributed by atoms with Crippen LogP contribution in [0.25, 0.3) is 0 Å². The van der Waals surface area contributed by atoms with E-state index in [2.05, 4.69) is 11.2 Å². The Balaban J connectivity index is 2.18. The number of carbonyl (C=O) groups excluding carboxylic acids is 1. The van der Waals surface area contributed by atoms with Gasteiger partial charge < -0.3 is 10.4 Å². The van der Waals surface area contributed by atoms with E-state index in [1.807, 2.05) is 0 Å². The number of benzene rings is 1. The summed E-state index contributed by atoms with van der Waals surface area (Å²) < 4.78 is 0. The highest BCUT2D eigenvalue weighted by Gasteiger charge is 2.36. The monoisotopic (exact) mass is 326 g/mol. The minimum absolute atomic E-state index is 0.132. The Morgan fingerprint density at radius 3 is 2.95 bits per heavy atom. The second-order valence-corrected chi connectivity index (χ2v) is 5.91. The maximum absolute atomic E-state index is 11.7. The van der Waals surface area contributed by atoms with E-state index < -0.39 is 6.10 Å². The summed E-state index contributed by atoms with van der Waals surface area (Å²) >= 11 is 12.2. The molecule has 0 aromatic heterocycles. The van der Waals surface area contributed by atoms with Crippen LogP contribution in [0.5, 0.6) is 0 Å². The summed E-state index contributed by atoms with van der Waals surface area (Å²) in [6.45, 7) is 0.321. The fraction of sp³-hybridized carbons (Fsp3) is 0.400. The third kappa shape index (κ3) is 3.50. The average Bonchev–Trinajstić information content (AvgIpc) is 2.73. The number of nitrogens with zero attached hydrogens (tertiary/aromatic N) is 1. The van der Waals surface area contributed by atoms with E-state index in [1.54, 1.807) is 24.1 Å². The number of carbonyl (C=O) groups is 1. The van der Waals surface area contributed by atoms with Gasteiger partial charge >= 0.3 is 0 Å². The van der Waals surface area contributed by atoms with Crippen molar-refractivity contribution in [3.63, 3.8) is 0 Å². The van der Waals surface area contributed by atoms with E-state index >= 15 is 0 Å². The van der Waals surface area contributed by atoms with Gasteiger partial charge in [-0.1, -0.05) is 29.1 Å². The topological polar surface area (TPSA) is 52.6 Å². The number of amides is 1. The van der Waals surface area contributed by atoms with Gasteiger partial charge in [0.1, 0.15) is 0 Å². The third-order valence-electron chi connectivity index (χ3n) is 3.55. The molecule has 1 aromatic rings. The van der Waals surface area contributed by atoms with Crippen molar-refractivity contribution in [2.24, 2.45) is 0 Å². The Bertz CT molecular complexity index is 598. The molecular weight excluding hydrogens is 311 g/mol. The van der Waals surface area contributed by atoms with Gasteiger partial charge in [0, 0.05) is 16.5 Å². The molecule has 0 fully saturated rings. The molecule has 2 atom stereocenters. The molecule has 0 saturated carbocycles. The lowest BCUT2D eigenvalue weighted by Crippen LogP contribution is -2.39. The number of terminal acetylenes is 1. The van der Waals surface area contributed by atoms with Crippen LogP contribution in [-0.2, 0) is 11.2 Å². The maximum atomic E-state index is 11.7. The van der Waals surface area contributed by atoms with Crippen LogP contribution in [0.15, 0.2) is 12.1 Å². The molecule has 21 heavy (non-hydrogen) atoms. The highest BCUT2D eigenvalue weighted by atomic mass is 35.5. The van der Waals surface area contributed by atoms with Crippen molar-refractivity contribution in [2.45, 2.75) is 18.6 Å². The summed E-state index contributed by atoms with van der Waals surface area (Å²) in [6, 6.07) is 3.14. The van der Waals surface area contributed by atoms with Crippen LogP contribution in [0, 0.1) is 12.3 Å². The zero-order valence-electron chi connectivity index (χ0n) is 11.6. The van der Waals surface area contributed by atoms with Crippen molar-refractivity contribution in [1.29, 1.82) is 0 Å². The van der Waals surface area contributed by atoms with Crippen LogP contribution in [0.3, 0.4) is 0 Å². The van der Waals surface area contributed by atoms with E-state index in [1.165, 1.54) is 0 Å². The first-order chi connectivity index (χ1) is 9.93. The van der Waals surface area contributed by atoms with E-state index in [9.17, 15) is 9.90 Å². The summed E-state index contributed by atoms with van der Waals surface area (Å²) in [7, 11) is 1.77. The van der Waals surface area contributed by atoms with Gasteiger partial charge in [-0.25, -0.2) is 0 Å². The van der Waals surface area contributed by atoms with E-state index in [4.69, 9.17) is 29.6 Å². The molecule has 0 heterocycles. The van der Waals surface area contributed by atoms with E-state index in [0.717, 1.165) is 11.1 Å². The number of nitrogens with one attached hydrogen (secondary N) is 1. The minimum atomic E-state index is -0.624. The molecule has 1 aromatic carbocycles. The van der Waals surface area contributed by atoms with Gasteiger partial charge in [-0.3, -0.25) is 9.69 Å².